The molecule has 108 valence electrons. The molecule has 13 heteroatoms. The summed E-state index contributed by atoms with van der Waals surface area (Å²) in [4.78, 5) is 9.62. The fraction of sp³-hybridized carbons (Fsp3) is 0.429. The second-order valence-corrected chi connectivity index (χ2v) is 4.05. The van der Waals surface area contributed by atoms with Crippen molar-refractivity contribution in [3.63, 3.8) is 0 Å². The van der Waals surface area contributed by atoms with Gasteiger partial charge in [0.05, 0.1) is 0 Å². The molecule has 0 bridgehead atoms. The van der Waals surface area contributed by atoms with E-state index in [0.29, 0.717) is 0 Å². The van der Waals surface area contributed by atoms with Gasteiger partial charge in [-0.2, -0.15) is 35.1 Å². The minimum Gasteiger partial charge on any atom is -0.544 e. The summed E-state index contributed by atoms with van der Waals surface area (Å²) in [6.45, 7) is 0. The Bertz CT molecular complexity index is 508. The molecule has 0 unspecified atom stereocenters. The standard InChI is InChI=1S/C7HF8NO2S.Li/c8-5(9,4(17)18)1-2(6(10,11)12)19-3(16-1)7(13,14)15;/h(H,17,18);/q;+1/p-1. The number of alkyl halides is 8. The third kappa shape index (κ3) is 3.61. The number of rotatable bonds is 2. The van der Waals surface area contributed by atoms with Crippen LogP contribution in [0.5, 0.6) is 0 Å². The predicted molar refractivity (Wildman–Crippen MR) is 41.0 cm³/mol. The number of aliphatic carboxylic acids is 1. The minimum atomic E-state index is -5.60. The fourth-order valence-corrected chi connectivity index (χ4v) is 1.78. The second kappa shape index (κ2) is 5.49. The van der Waals surface area contributed by atoms with Crippen LogP contribution in [0, 0.1) is 0 Å². The number of carboxylic acids is 1. The van der Waals surface area contributed by atoms with Crippen LogP contribution in [0.3, 0.4) is 0 Å². The summed E-state index contributed by atoms with van der Waals surface area (Å²) >= 11 is -1.11. The van der Waals surface area contributed by atoms with Gasteiger partial charge in [0.25, 0.3) is 0 Å². The second-order valence-electron chi connectivity index (χ2n) is 3.05. The smallest absolute Gasteiger partial charge is 0.544 e. The van der Waals surface area contributed by atoms with E-state index in [9.17, 15) is 45.0 Å². The number of carboxylic acid groups (broad SMARTS) is 1. The van der Waals surface area contributed by atoms with Crippen molar-refractivity contribution in [1.82, 2.24) is 4.98 Å². The Balaban J connectivity index is 0.00000361. The van der Waals surface area contributed by atoms with Crippen LogP contribution >= 0.6 is 11.3 Å². The first kappa shape index (κ1) is 19.1. The average Bonchev–Trinajstić information content (AvgIpc) is 2.60. The Morgan fingerprint density at radius 1 is 1.00 bits per heavy atom. The molecule has 20 heavy (non-hydrogen) atoms. The first-order valence-electron chi connectivity index (χ1n) is 4.03. The van der Waals surface area contributed by atoms with Gasteiger partial charge < -0.3 is 9.90 Å². The zero-order valence-electron chi connectivity index (χ0n) is 9.20. The molecule has 0 saturated carbocycles. The zero-order chi connectivity index (χ0) is 15.2. The Morgan fingerprint density at radius 2 is 1.45 bits per heavy atom. The van der Waals surface area contributed by atoms with Crippen molar-refractivity contribution in [1.29, 1.82) is 0 Å². The summed E-state index contributed by atoms with van der Waals surface area (Å²) in [5.74, 6) is -8.57. The van der Waals surface area contributed by atoms with Crippen molar-refractivity contribution in [3.8, 4) is 0 Å². The largest absolute Gasteiger partial charge is 1.00 e. The van der Waals surface area contributed by atoms with Gasteiger partial charge in [0.2, 0.25) is 0 Å². The molecule has 1 aromatic heterocycles. The SMILES string of the molecule is O=C([O-])C(F)(F)c1nc(C(F)(F)F)sc1C(F)(F)F.[Li+]. The van der Waals surface area contributed by atoms with Gasteiger partial charge in [-0.15, -0.1) is 11.3 Å². The minimum absolute atomic E-state index is 0. The van der Waals surface area contributed by atoms with Gasteiger partial charge in [-0.25, -0.2) is 4.98 Å². The van der Waals surface area contributed by atoms with Crippen molar-refractivity contribution in [3.05, 3.63) is 15.6 Å². The molecule has 0 atom stereocenters. The van der Waals surface area contributed by atoms with Crippen LogP contribution in [0.1, 0.15) is 15.6 Å². The van der Waals surface area contributed by atoms with E-state index in [1.807, 2.05) is 4.98 Å². The molecule has 0 spiro atoms. The Hall–Kier alpha value is -0.863. The third-order valence-corrected chi connectivity index (χ3v) is 2.83. The first-order valence-corrected chi connectivity index (χ1v) is 4.84. The van der Waals surface area contributed by atoms with Gasteiger partial charge in [0, 0.05) is 0 Å². The summed E-state index contributed by atoms with van der Waals surface area (Å²) < 4.78 is 99.1. The van der Waals surface area contributed by atoms with E-state index < -0.39 is 51.2 Å². The molecule has 0 aromatic carbocycles. The quantitative estimate of drug-likeness (QED) is 0.520. The van der Waals surface area contributed by atoms with E-state index in [0.717, 1.165) is 0 Å². The number of carbonyl (C=O) groups is 1. The van der Waals surface area contributed by atoms with Crippen LogP contribution in [0.25, 0.3) is 0 Å². The zero-order valence-corrected chi connectivity index (χ0v) is 10.0. The van der Waals surface area contributed by atoms with Crippen molar-refractivity contribution in [2.45, 2.75) is 18.3 Å². The summed E-state index contributed by atoms with van der Waals surface area (Å²) in [7, 11) is 0. The summed E-state index contributed by atoms with van der Waals surface area (Å²) in [5.41, 5.74) is -2.53. The van der Waals surface area contributed by atoms with Gasteiger partial charge in [-0.05, 0) is 0 Å². The van der Waals surface area contributed by atoms with Crippen molar-refractivity contribution in [2.24, 2.45) is 0 Å². The number of thiazole rings is 1. The number of carbonyl (C=O) groups excluding carboxylic acids is 1. The van der Waals surface area contributed by atoms with Crippen molar-refractivity contribution in [2.75, 3.05) is 0 Å². The van der Waals surface area contributed by atoms with E-state index in [-0.39, 0.29) is 18.9 Å². The van der Waals surface area contributed by atoms with Crippen LogP contribution in [0.2, 0.25) is 0 Å². The van der Waals surface area contributed by atoms with E-state index in [1.54, 1.807) is 0 Å². The molecule has 0 fully saturated rings. The molecule has 0 aliphatic rings. The Labute approximate surface area is 120 Å². The van der Waals surface area contributed by atoms with Crippen LogP contribution < -0.4 is 24.0 Å². The van der Waals surface area contributed by atoms with Crippen molar-refractivity contribution < 1.29 is 63.9 Å². The maximum absolute atomic E-state index is 12.9. The first-order chi connectivity index (χ1) is 8.28. The predicted octanol–water partition coefficient (Wildman–Crippen LogP) is -0.974. The van der Waals surface area contributed by atoms with Gasteiger partial charge in [-0.1, -0.05) is 0 Å². The summed E-state index contributed by atoms with van der Waals surface area (Å²) in [6, 6.07) is 0. The molecule has 0 saturated heterocycles. The Kier molecular flexibility index (Phi) is 5.26. The van der Waals surface area contributed by atoms with Crippen LogP contribution in [-0.4, -0.2) is 11.0 Å². The van der Waals surface area contributed by atoms with E-state index in [1.165, 1.54) is 0 Å². The number of nitrogens with zero attached hydrogens (tertiary/aromatic N) is 1. The van der Waals surface area contributed by atoms with Crippen LogP contribution in [0.15, 0.2) is 0 Å². The fourth-order valence-electron chi connectivity index (χ4n) is 0.943. The molecule has 0 radical (unpaired) electrons. The van der Waals surface area contributed by atoms with E-state index >= 15 is 0 Å². The Morgan fingerprint density at radius 3 is 1.75 bits per heavy atom. The van der Waals surface area contributed by atoms with Gasteiger partial charge in [-0.3, -0.25) is 0 Å². The third-order valence-electron chi connectivity index (χ3n) is 1.68. The van der Waals surface area contributed by atoms with E-state index in [4.69, 9.17) is 0 Å². The number of hydrogen-bond donors (Lipinski definition) is 0. The van der Waals surface area contributed by atoms with Gasteiger partial charge >= 0.3 is 37.1 Å². The molecular weight excluding hydrogens is 321 g/mol. The summed E-state index contributed by atoms with van der Waals surface area (Å²) in [6.07, 6.45) is -11.0. The number of aromatic nitrogens is 1. The molecule has 1 heterocycles. The van der Waals surface area contributed by atoms with Crippen LogP contribution in [0.4, 0.5) is 35.1 Å². The normalized spacial score (nSPS) is 13.0. The van der Waals surface area contributed by atoms with Gasteiger partial charge in [0.1, 0.15) is 16.5 Å². The topological polar surface area (TPSA) is 53.0 Å². The molecule has 1 aromatic rings. The monoisotopic (exact) mass is 321 g/mol. The summed E-state index contributed by atoms with van der Waals surface area (Å²) in [5, 5.41) is 7.79. The van der Waals surface area contributed by atoms with Crippen molar-refractivity contribution >= 4 is 17.3 Å². The van der Waals surface area contributed by atoms with Gasteiger partial charge in [0.15, 0.2) is 5.01 Å². The number of hydrogen-bond acceptors (Lipinski definition) is 4. The van der Waals surface area contributed by atoms with Crippen LogP contribution in [-0.2, 0) is 23.1 Å². The number of halogens is 8. The molecule has 0 N–H and O–H groups in total. The molecule has 0 aliphatic carbocycles. The average molecular weight is 321 g/mol. The molecule has 0 aliphatic heterocycles. The maximum Gasteiger partial charge on any atom is 1.00 e. The maximum atomic E-state index is 12.9. The molecule has 3 nitrogen and oxygen atoms in total. The molecule has 0 amide bonds. The molecule has 1 rings (SSSR count). The molecular formula is C7F8LiNO2S. The van der Waals surface area contributed by atoms with E-state index in [2.05, 4.69) is 0 Å².